The van der Waals surface area contributed by atoms with Crippen LogP contribution in [0.1, 0.15) is 10.4 Å². The number of methoxy groups -OCH3 is 2. The third-order valence-corrected chi connectivity index (χ3v) is 2.36. The number of nitrogens with one attached hydrogen (secondary N) is 2. The van der Waals surface area contributed by atoms with E-state index in [0.29, 0.717) is 22.9 Å². The summed E-state index contributed by atoms with van der Waals surface area (Å²) in [5.74, 6) is 1.38. The zero-order valence-electron chi connectivity index (χ0n) is 10.1. The molecule has 0 spiro atoms. The number of carbonyl (C=O) groups excluding carboxylic acids is 1. The quantitative estimate of drug-likeness (QED) is 0.861. The van der Waals surface area contributed by atoms with E-state index in [0.717, 1.165) is 0 Å². The molecule has 0 radical (unpaired) electrons. The van der Waals surface area contributed by atoms with E-state index in [-0.39, 0.29) is 5.91 Å². The Kier molecular flexibility index (Phi) is 3.47. The molecule has 0 saturated carbocycles. The molecule has 18 heavy (non-hydrogen) atoms. The Morgan fingerprint density at radius 2 is 1.89 bits per heavy atom. The van der Waals surface area contributed by atoms with Crippen LogP contribution in [0.2, 0.25) is 0 Å². The van der Waals surface area contributed by atoms with Gasteiger partial charge in [0.2, 0.25) is 0 Å². The lowest BCUT2D eigenvalue weighted by atomic mass is 10.2. The lowest BCUT2D eigenvalue weighted by Crippen LogP contribution is -2.12. The predicted molar refractivity (Wildman–Crippen MR) is 66.1 cm³/mol. The van der Waals surface area contributed by atoms with Crippen LogP contribution in [0.25, 0.3) is 0 Å². The van der Waals surface area contributed by atoms with Crippen molar-refractivity contribution in [2.75, 3.05) is 19.5 Å². The molecule has 0 aliphatic heterocycles. The fourth-order valence-corrected chi connectivity index (χ4v) is 1.46. The highest BCUT2D eigenvalue weighted by atomic mass is 16.5. The van der Waals surface area contributed by atoms with Gasteiger partial charge in [-0.15, -0.1) is 0 Å². The zero-order valence-corrected chi connectivity index (χ0v) is 10.1. The summed E-state index contributed by atoms with van der Waals surface area (Å²) in [6.45, 7) is 0. The number of hydrogen-bond acceptors (Lipinski definition) is 4. The highest BCUT2D eigenvalue weighted by molar-refractivity contribution is 6.04. The van der Waals surface area contributed by atoms with Crippen LogP contribution in [-0.4, -0.2) is 30.3 Å². The van der Waals surface area contributed by atoms with Crippen molar-refractivity contribution in [2.45, 2.75) is 0 Å². The number of anilines is 1. The van der Waals surface area contributed by atoms with E-state index in [1.54, 1.807) is 30.5 Å². The first-order chi connectivity index (χ1) is 8.72. The average molecular weight is 247 g/mol. The number of hydrogen-bond donors (Lipinski definition) is 2. The van der Waals surface area contributed by atoms with Gasteiger partial charge >= 0.3 is 0 Å². The van der Waals surface area contributed by atoms with Crippen LogP contribution in [0.15, 0.2) is 30.5 Å². The maximum absolute atomic E-state index is 12.0. The van der Waals surface area contributed by atoms with Gasteiger partial charge in [-0.3, -0.25) is 9.89 Å². The minimum atomic E-state index is -0.267. The number of rotatable bonds is 4. The van der Waals surface area contributed by atoms with Crippen molar-refractivity contribution in [3.05, 3.63) is 36.0 Å². The summed E-state index contributed by atoms with van der Waals surface area (Å²) < 4.78 is 10.2. The highest BCUT2D eigenvalue weighted by Crippen LogP contribution is 2.22. The molecule has 1 amide bonds. The Morgan fingerprint density at radius 1 is 1.22 bits per heavy atom. The number of aromatic nitrogens is 2. The van der Waals surface area contributed by atoms with Gasteiger partial charge < -0.3 is 14.8 Å². The van der Waals surface area contributed by atoms with Crippen LogP contribution in [0.4, 0.5) is 5.82 Å². The number of nitrogens with zero attached hydrogens (tertiary/aromatic N) is 1. The van der Waals surface area contributed by atoms with Crippen molar-refractivity contribution in [2.24, 2.45) is 0 Å². The van der Waals surface area contributed by atoms with Gasteiger partial charge in [-0.2, -0.15) is 5.10 Å². The van der Waals surface area contributed by atoms with Crippen molar-refractivity contribution in [1.82, 2.24) is 10.2 Å². The van der Waals surface area contributed by atoms with Gasteiger partial charge in [0.1, 0.15) is 17.3 Å². The Labute approximate surface area is 104 Å². The van der Waals surface area contributed by atoms with Crippen LogP contribution < -0.4 is 14.8 Å². The third-order valence-electron chi connectivity index (χ3n) is 2.36. The SMILES string of the molecule is COc1cc(OC)cc(C(=O)Nc2ccn[nH]2)c1. The van der Waals surface area contributed by atoms with Gasteiger partial charge in [-0.05, 0) is 12.1 Å². The fourth-order valence-electron chi connectivity index (χ4n) is 1.46. The molecule has 1 aromatic heterocycles. The van der Waals surface area contributed by atoms with Gasteiger partial charge in [0.25, 0.3) is 5.91 Å². The van der Waals surface area contributed by atoms with E-state index < -0.39 is 0 Å². The molecule has 0 saturated heterocycles. The summed E-state index contributed by atoms with van der Waals surface area (Å²) in [7, 11) is 3.07. The average Bonchev–Trinajstić information content (AvgIpc) is 2.90. The normalized spacial score (nSPS) is 9.89. The zero-order chi connectivity index (χ0) is 13.0. The Hall–Kier alpha value is -2.50. The number of carbonyl (C=O) groups is 1. The smallest absolute Gasteiger partial charge is 0.257 e. The molecular weight excluding hydrogens is 234 g/mol. The Morgan fingerprint density at radius 3 is 2.39 bits per heavy atom. The molecule has 6 nitrogen and oxygen atoms in total. The number of ether oxygens (including phenoxy) is 2. The maximum Gasteiger partial charge on any atom is 0.257 e. The van der Waals surface area contributed by atoms with Crippen molar-refractivity contribution < 1.29 is 14.3 Å². The van der Waals surface area contributed by atoms with Crippen LogP contribution in [0.3, 0.4) is 0 Å². The molecule has 6 heteroatoms. The van der Waals surface area contributed by atoms with E-state index in [2.05, 4.69) is 15.5 Å². The first-order valence-electron chi connectivity index (χ1n) is 5.26. The van der Waals surface area contributed by atoms with E-state index >= 15 is 0 Å². The van der Waals surface area contributed by atoms with Gasteiger partial charge in [0.15, 0.2) is 0 Å². The second kappa shape index (κ2) is 5.22. The van der Waals surface area contributed by atoms with E-state index in [1.807, 2.05) is 0 Å². The third kappa shape index (κ3) is 2.60. The Balaban J connectivity index is 2.23. The molecule has 0 aliphatic rings. The molecule has 0 unspecified atom stereocenters. The molecule has 0 bridgehead atoms. The molecule has 2 rings (SSSR count). The summed E-state index contributed by atoms with van der Waals surface area (Å²) >= 11 is 0. The van der Waals surface area contributed by atoms with Crippen LogP contribution in [0.5, 0.6) is 11.5 Å². The Bertz CT molecular complexity index is 515. The molecule has 1 aromatic carbocycles. The molecule has 2 N–H and O–H groups in total. The minimum Gasteiger partial charge on any atom is -0.497 e. The summed E-state index contributed by atoms with van der Waals surface area (Å²) in [6.07, 6.45) is 1.56. The largest absolute Gasteiger partial charge is 0.497 e. The number of benzene rings is 1. The molecule has 1 heterocycles. The van der Waals surface area contributed by atoms with Crippen molar-refractivity contribution in [3.8, 4) is 11.5 Å². The lowest BCUT2D eigenvalue weighted by molar-refractivity contribution is 0.102. The number of H-pyrrole nitrogens is 1. The molecule has 0 aliphatic carbocycles. The standard InChI is InChI=1S/C12H13N3O3/c1-17-9-5-8(6-10(7-9)18-2)12(16)14-11-3-4-13-15-11/h3-7H,1-2H3,(H2,13,14,15,16). The van der Waals surface area contributed by atoms with Gasteiger partial charge in [0.05, 0.1) is 20.4 Å². The predicted octanol–water partition coefficient (Wildman–Crippen LogP) is 1.68. The van der Waals surface area contributed by atoms with E-state index in [1.165, 1.54) is 14.2 Å². The topological polar surface area (TPSA) is 76.2 Å². The van der Waals surface area contributed by atoms with Crippen LogP contribution >= 0.6 is 0 Å². The number of aromatic amines is 1. The van der Waals surface area contributed by atoms with Crippen molar-refractivity contribution >= 4 is 11.7 Å². The van der Waals surface area contributed by atoms with Crippen LogP contribution in [-0.2, 0) is 0 Å². The minimum absolute atomic E-state index is 0.267. The van der Waals surface area contributed by atoms with Gasteiger partial charge in [-0.1, -0.05) is 0 Å². The fraction of sp³-hybridized carbons (Fsp3) is 0.167. The van der Waals surface area contributed by atoms with Gasteiger partial charge in [0, 0.05) is 17.7 Å². The first-order valence-corrected chi connectivity index (χ1v) is 5.26. The summed E-state index contributed by atoms with van der Waals surface area (Å²) in [6, 6.07) is 6.63. The molecule has 0 atom stereocenters. The van der Waals surface area contributed by atoms with Crippen molar-refractivity contribution in [1.29, 1.82) is 0 Å². The maximum atomic E-state index is 12.0. The molecular formula is C12H13N3O3. The van der Waals surface area contributed by atoms with Crippen molar-refractivity contribution in [3.63, 3.8) is 0 Å². The summed E-state index contributed by atoms with van der Waals surface area (Å²) in [4.78, 5) is 12.0. The molecule has 94 valence electrons. The molecule has 0 fully saturated rings. The summed E-state index contributed by atoms with van der Waals surface area (Å²) in [5.41, 5.74) is 0.445. The van der Waals surface area contributed by atoms with E-state index in [4.69, 9.17) is 9.47 Å². The van der Waals surface area contributed by atoms with Crippen LogP contribution in [0, 0.1) is 0 Å². The lowest BCUT2D eigenvalue weighted by Gasteiger charge is -2.08. The molecule has 2 aromatic rings. The van der Waals surface area contributed by atoms with E-state index in [9.17, 15) is 4.79 Å². The highest BCUT2D eigenvalue weighted by Gasteiger charge is 2.10. The second-order valence-corrected chi connectivity index (χ2v) is 3.53. The van der Waals surface area contributed by atoms with Gasteiger partial charge in [-0.25, -0.2) is 0 Å². The second-order valence-electron chi connectivity index (χ2n) is 3.53. The monoisotopic (exact) mass is 247 g/mol. The first kappa shape index (κ1) is 12.0. The summed E-state index contributed by atoms with van der Waals surface area (Å²) in [5, 5.41) is 9.07. The number of amides is 1.